The van der Waals surface area contributed by atoms with E-state index >= 15 is 0 Å². The largest absolute Gasteiger partial charge is 0.478 e. The van der Waals surface area contributed by atoms with Crippen LogP contribution in [0.1, 0.15) is 52.5 Å². The summed E-state index contributed by atoms with van der Waals surface area (Å²) in [6.07, 6.45) is 4.75. The number of hydrogen-bond acceptors (Lipinski definition) is 2. The number of aromatic carboxylic acids is 1. The molecule has 1 heterocycles. The van der Waals surface area contributed by atoms with E-state index in [4.69, 9.17) is 5.11 Å². The lowest BCUT2D eigenvalue weighted by Crippen LogP contribution is -1.97. The number of aromatic nitrogens is 1. The summed E-state index contributed by atoms with van der Waals surface area (Å²) in [5, 5.41) is 8.83. The van der Waals surface area contributed by atoms with Gasteiger partial charge in [0, 0.05) is 11.8 Å². The Morgan fingerprint density at radius 1 is 1.23 bits per heavy atom. The van der Waals surface area contributed by atoms with Crippen LogP contribution in [0.5, 0.6) is 0 Å². The minimum absolute atomic E-state index is 0.169. The predicted molar refractivity (Wildman–Crippen MR) is 87.0 cm³/mol. The maximum absolute atomic E-state index is 10.8. The van der Waals surface area contributed by atoms with E-state index in [2.05, 4.69) is 42.8 Å². The Balaban J connectivity index is 2.18. The standard InChI is InChI=1S/C19H19NO2/c1-3-4-5-16-12-15(7-6-14(16)2)8-10-18-11-9-17(13-20-18)19(21)22/h6-7,9,11-13H,3-5H2,1-2H3,(H,21,22). The van der Waals surface area contributed by atoms with Gasteiger partial charge in [0.15, 0.2) is 0 Å². The Morgan fingerprint density at radius 2 is 2.05 bits per heavy atom. The van der Waals surface area contributed by atoms with Crippen molar-refractivity contribution < 1.29 is 9.90 Å². The van der Waals surface area contributed by atoms with Gasteiger partial charge in [-0.3, -0.25) is 0 Å². The molecule has 0 aliphatic heterocycles. The molecule has 1 aromatic carbocycles. The molecule has 0 radical (unpaired) electrons. The molecule has 0 bridgehead atoms. The van der Waals surface area contributed by atoms with Gasteiger partial charge in [-0.25, -0.2) is 9.78 Å². The highest BCUT2D eigenvalue weighted by atomic mass is 16.4. The normalized spacial score (nSPS) is 9.91. The Morgan fingerprint density at radius 3 is 2.68 bits per heavy atom. The predicted octanol–water partition coefficient (Wildman–Crippen LogP) is 3.83. The number of unbranched alkanes of at least 4 members (excludes halogenated alkanes) is 1. The Kier molecular flexibility index (Phi) is 5.32. The highest BCUT2D eigenvalue weighted by Gasteiger charge is 2.02. The second kappa shape index (κ2) is 7.42. The number of pyridine rings is 1. The van der Waals surface area contributed by atoms with Crippen molar-refractivity contribution in [1.29, 1.82) is 0 Å². The highest BCUT2D eigenvalue weighted by Crippen LogP contribution is 2.13. The van der Waals surface area contributed by atoms with E-state index < -0.39 is 5.97 Å². The van der Waals surface area contributed by atoms with Crippen molar-refractivity contribution in [2.75, 3.05) is 0 Å². The van der Waals surface area contributed by atoms with Crippen molar-refractivity contribution in [2.24, 2.45) is 0 Å². The van der Waals surface area contributed by atoms with Crippen molar-refractivity contribution in [1.82, 2.24) is 4.98 Å². The van der Waals surface area contributed by atoms with Gasteiger partial charge in [-0.05, 0) is 61.1 Å². The van der Waals surface area contributed by atoms with Gasteiger partial charge in [-0.1, -0.05) is 25.3 Å². The number of benzene rings is 1. The van der Waals surface area contributed by atoms with E-state index in [0.29, 0.717) is 5.69 Å². The first-order chi connectivity index (χ1) is 10.6. The fraction of sp³-hybridized carbons (Fsp3) is 0.263. The number of carboxylic acids is 1. The zero-order valence-corrected chi connectivity index (χ0v) is 12.9. The van der Waals surface area contributed by atoms with E-state index in [1.54, 1.807) is 6.07 Å². The van der Waals surface area contributed by atoms with Crippen molar-refractivity contribution in [3.63, 3.8) is 0 Å². The maximum Gasteiger partial charge on any atom is 0.337 e. The lowest BCUT2D eigenvalue weighted by Gasteiger charge is -2.05. The molecule has 0 saturated carbocycles. The molecule has 0 aliphatic carbocycles. The fourth-order valence-corrected chi connectivity index (χ4v) is 2.12. The lowest BCUT2D eigenvalue weighted by atomic mass is 10.0. The summed E-state index contributed by atoms with van der Waals surface area (Å²) in [7, 11) is 0. The summed E-state index contributed by atoms with van der Waals surface area (Å²) in [5.74, 6) is 5.09. The van der Waals surface area contributed by atoms with Crippen LogP contribution in [0, 0.1) is 18.8 Å². The van der Waals surface area contributed by atoms with Crippen LogP contribution in [-0.2, 0) is 6.42 Å². The molecule has 0 saturated heterocycles. The van der Waals surface area contributed by atoms with Gasteiger partial charge in [-0.15, -0.1) is 0 Å². The van der Waals surface area contributed by atoms with Gasteiger partial charge in [0.1, 0.15) is 5.69 Å². The molecular weight excluding hydrogens is 274 g/mol. The summed E-state index contributed by atoms with van der Waals surface area (Å²) in [6, 6.07) is 9.37. The van der Waals surface area contributed by atoms with Crippen LogP contribution in [0.2, 0.25) is 0 Å². The number of hydrogen-bond donors (Lipinski definition) is 1. The van der Waals surface area contributed by atoms with Gasteiger partial charge < -0.3 is 5.11 Å². The average Bonchev–Trinajstić information content (AvgIpc) is 2.53. The fourth-order valence-electron chi connectivity index (χ4n) is 2.12. The van der Waals surface area contributed by atoms with Crippen LogP contribution in [0.3, 0.4) is 0 Å². The van der Waals surface area contributed by atoms with Crippen LogP contribution in [0.4, 0.5) is 0 Å². The maximum atomic E-state index is 10.8. The summed E-state index contributed by atoms with van der Waals surface area (Å²) in [5.41, 5.74) is 4.33. The van der Waals surface area contributed by atoms with Crippen molar-refractivity contribution in [2.45, 2.75) is 33.1 Å². The molecule has 112 valence electrons. The third kappa shape index (κ3) is 4.20. The van der Waals surface area contributed by atoms with Crippen molar-refractivity contribution in [3.8, 4) is 11.8 Å². The lowest BCUT2D eigenvalue weighted by molar-refractivity contribution is 0.0696. The van der Waals surface area contributed by atoms with Crippen molar-refractivity contribution >= 4 is 5.97 Å². The minimum Gasteiger partial charge on any atom is -0.478 e. The minimum atomic E-state index is -0.980. The van der Waals surface area contributed by atoms with Gasteiger partial charge in [-0.2, -0.15) is 0 Å². The molecule has 0 amide bonds. The second-order valence-electron chi connectivity index (χ2n) is 5.23. The molecule has 1 N–H and O–H groups in total. The molecule has 3 heteroatoms. The quantitative estimate of drug-likeness (QED) is 0.872. The molecule has 0 fully saturated rings. The molecular formula is C19H19NO2. The second-order valence-corrected chi connectivity index (χ2v) is 5.23. The summed E-state index contributed by atoms with van der Waals surface area (Å²) >= 11 is 0. The van der Waals surface area contributed by atoms with E-state index in [0.717, 1.165) is 12.0 Å². The zero-order chi connectivity index (χ0) is 15.9. The first-order valence-electron chi connectivity index (χ1n) is 7.41. The number of aryl methyl sites for hydroxylation is 2. The summed E-state index contributed by atoms with van der Waals surface area (Å²) < 4.78 is 0. The van der Waals surface area contributed by atoms with Crippen LogP contribution in [0.25, 0.3) is 0 Å². The first-order valence-corrected chi connectivity index (χ1v) is 7.41. The van der Waals surface area contributed by atoms with Gasteiger partial charge in [0.2, 0.25) is 0 Å². The molecule has 0 aliphatic rings. The molecule has 0 unspecified atom stereocenters. The first kappa shape index (κ1) is 15.8. The average molecular weight is 293 g/mol. The highest BCUT2D eigenvalue weighted by molar-refractivity contribution is 5.87. The van der Waals surface area contributed by atoms with E-state index in [1.165, 1.54) is 36.2 Å². The zero-order valence-electron chi connectivity index (χ0n) is 12.9. The van der Waals surface area contributed by atoms with Gasteiger partial charge >= 0.3 is 5.97 Å². The molecule has 2 rings (SSSR count). The number of rotatable bonds is 4. The smallest absolute Gasteiger partial charge is 0.337 e. The molecule has 1 aromatic heterocycles. The molecule has 22 heavy (non-hydrogen) atoms. The van der Waals surface area contributed by atoms with E-state index in [-0.39, 0.29) is 5.56 Å². The third-order valence-electron chi connectivity index (χ3n) is 3.49. The van der Waals surface area contributed by atoms with Crippen LogP contribution < -0.4 is 0 Å². The SMILES string of the molecule is CCCCc1cc(C#Cc2ccc(C(=O)O)cn2)ccc1C. The van der Waals surface area contributed by atoms with Gasteiger partial charge in [0.05, 0.1) is 5.56 Å². The number of carbonyl (C=O) groups is 1. The Bertz CT molecular complexity index is 721. The summed E-state index contributed by atoms with van der Waals surface area (Å²) in [4.78, 5) is 14.8. The Labute approximate surface area is 131 Å². The van der Waals surface area contributed by atoms with Crippen LogP contribution in [0.15, 0.2) is 36.5 Å². The molecule has 2 aromatic rings. The van der Waals surface area contributed by atoms with E-state index in [9.17, 15) is 4.79 Å². The topological polar surface area (TPSA) is 50.2 Å². The number of nitrogens with zero attached hydrogens (tertiary/aromatic N) is 1. The molecule has 3 nitrogen and oxygen atoms in total. The Hall–Kier alpha value is -2.60. The van der Waals surface area contributed by atoms with Crippen LogP contribution in [-0.4, -0.2) is 16.1 Å². The number of carboxylic acid groups (broad SMARTS) is 1. The molecule has 0 spiro atoms. The third-order valence-corrected chi connectivity index (χ3v) is 3.49. The van der Waals surface area contributed by atoms with Crippen molar-refractivity contribution in [3.05, 3.63) is 64.5 Å². The van der Waals surface area contributed by atoms with Crippen LogP contribution >= 0.6 is 0 Å². The summed E-state index contributed by atoms with van der Waals surface area (Å²) in [6.45, 7) is 4.31. The van der Waals surface area contributed by atoms with E-state index in [1.807, 2.05) is 6.07 Å². The van der Waals surface area contributed by atoms with Gasteiger partial charge in [0.25, 0.3) is 0 Å². The monoisotopic (exact) mass is 293 g/mol. The molecule has 0 atom stereocenters.